The van der Waals surface area contributed by atoms with E-state index in [2.05, 4.69) is 39.7 Å². The van der Waals surface area contributed by atoms with E-state index in [-0.39, 0.29) is 23.4 Å². The molecule has 12 nitrogen and oxygen atoms in total. The van der Waals surface area contributed by atoms with Crippen LogP contribution in [0.1, 0.15) is 91.7 Å². The summed E-state index contributed by atoms with van der Waals surface area (Å²) in [4.78, 5) is 67.2. The van der Waals surface area contributed by atoms with Crippen molar-refractivity contribution in [2.24, 2.45) is 11.3 Å². The van der Waals surface area contributed by atoms with Gasteiger partial charge in [0.25, 0.3) is 0 Å². The number of rotatable bonds is 16. The summed E-state index contributed by atoms with van der Waals surface area (Å²) >= 11 is 0. The van der Waals surface area contributed by atoms with E-state index >= 15 is 0 Å². The Labute approximate surface area is 306 Å². The Bertz CT molecular complexity index is 1410. The van der Waals surface area contributed by atoms with Crippen LogP contribution in [0.2, 0.25) is 0 Å². The van der Waals surface area contributed by atoms with Crippen LogP contribution in [0.5, 0.6) is 0 Å². The smallest absolute Gasteiger partial charge is 0.408 e. The highest BCUT2D eigenvalue weighted by Gasteiger charge is 2.41. The summed E-state index contributed by atoms with van der Waals surface area (Å²) in [5.74, 6) is -1.39. The average Bonchev–Trinajstić information content (AvgIpc) is 3.77. The van der Waals surface area contributed by atoms with Crippen molar-refractivity contribution in [2.75, 3.05) is 27.1 Å². The Kier molecular flexibility index (Phi) is 16.7. The molecule has 2 fully saturated rings. The predicted molar refractivity (Wildman–Crippen MR) is 196 cm³/mol. The van der Waals surface area contributed by atoms with Gasteiger partial charge in [0.2, 0.25) is 30.6 Å². The topological polar surface area (TPSA) is 158 Å². The Hall–Kier alpha value is -4.49. The van der Waals surface area contributed by atoms with Gasteiger partial charge in [0.05, 0.1) is 18.6 Å². The third-order valence-electron chi connectivity index (χ3n) is 9.26. The van der Waals surface area contributed by atoms with Crippen molar-refractivity contribution in [3.05, 3.63) is 60.3 Å². The number of likely N-dealkylation sites (N-methyl/N-ethyl adjacent to an activating group) is 1. The quantitative estimate of drug-likeness (QED) is 0.154. The second-order valence-corrected chi connectivity index (χ2v) is 14.8. The fourth-order valence-electron chi connectivity index (χ4n) is 5.89. The lowest BCUT2D eigenvalue weighted by molar-refractivity contribution is -0.129. The fraction of sp³-hybridized carbons (Fsp3) is 0.605. The molecule has 3 rings (SSSR count). The Balaban J connectivity index is 0.00000301. The Morgan fingerprint density at radius 2 is 1.58 bits per heavy atom. The molecule has 1 aromatic carbocycles. The van der Waals surface area contributed by atoms with E-state index in [1.54, 1.807) is 45.0 Å². The first-order chi connectivity index (χ1) is 24.4. The van der Waals surface area contributed by atoms with Gasteiger partial charge in [-0.05, 0) is 63.4 Å². The van der Waals surface area contributed by atoms with E-state index < -0.39 is 60.5 Å². The molecular formula is C38H58F2N6O6. The maximum absolute atomic E-state index is 13.9. The van der Waals surface area contributed by atoms with Gasteiger partial charge in [0.1, 0.15) is 17.7 Å². The molecule has 4 unspecified atom stereocenters. The van der Waals surface area contributed by atoms with Crippen LogP contribution < -0.4 is 26.6 Å². The van der Waals surface area contributed by atoms with Crippen molar-refractivity contribution in [2.45, 2.75) is 110 Å². The molecule has 1 aromatic rings. The molecule has 1 heterocycles. The van der Waals surface area contributed by atoms with E-state index in [0.717, 1.165) is 25.7 Å². The number of benzene rings is 1. The van der Waals surface area contributed by atoms with Gasteiger partial charge < -0.3 is 36.2 Å². The van der Waals surface area contributed by atoms with Gasteiger partial charge in [0.15, 0.2) is 0 Å². The first kappa shape index (κ1) is 43.7. The van der Waals surface area contributed by atoms with E-state index in [0.29, 0.717) is 36.6 Å². The van der Waals surface area contributed by atoms with Crippen LogP contribution in [0.4, 0.5) is 13.6 Å². The van der Waals surface area contributed by atoms with Crippen LogP contribution in [0.15, 0.2) is 54.8 Å². The largest absolute Gasteiger partial charge is 0.444 e. The number of hydrogen-bond donors (Lipinski definition) is 5. The van der Waals surface area contributed by atoms with Crippen LogP contribution >= 0.6 is 0 Å². The molecule has 1 saturated heterocycles. The number of halogens is 2. The van der Waals surface area contributed by atoms with Crippen molar-refractivity contribution in [1.29, 1.82) is 0 Å². The number of nitrogens with one attached hydrogen (secondary N) is 5. The second-order valence-electron chi connectivity index (χ2n) is 14.8. The van der Waals surface area contributed by atoms with Crippen LogP contribution in [-0.2, 0) is 23.9 Å². The number of hydrogen-bond acceptors (Lipinski definition) is 7. The summed E-state index contributed by atoms with van der Waals surface area (Å²) in [6, 6.07) is 6.21. The van der Waals surface area contributed by atoms with Crippen LogP contribution in [-0.4, -0.2) is 85.4 Å². The minimum absolute atomic E-state index is 0.152. The lowest BCUT2D eigenvalue weighted by atomic mass is 9.80. The minimum atomic E-state index is -1.75. The molecule has 0 aromatic heterocycles. The van der Waals surface area contributed by atoms with Gasteiger partial charge in [-0.1, -0.05) is 77.1 Å². The number of alkyl carbamates (subject to hydrolysis) is 1. The molecule has 1 aliphatic carbocycles. The number of likely N-dealkylation sites (tertiary alicyclic amines) is 1. The van der Waals surface area contributed by atoms with Crippen molar-refractivity contribution < 1.29 is 37.5 Å². The Morgan fingerprint density at radius 3 is 2.12 bits per heavy atom. The van der Waals surface area contributed by atoms with Gasteiger partial charge in [-0.25, -0.2) is 13.6 Å². The normalized spacial score (nSPS) is 17.2. The monoisotopic (exact) mass is 732 g/mol. The molecular weight excluding hydrogens is 674 g/mol. The summed E-state index contributed by atoms with van der Waals surface area (Å²) < 4.78 is 24.8. The highest BCUT2D eigenvalue weighted by molar-refractivity contribution is 5.98. The summed E-state index contributed by atoms with van der Waals surface area (Å²) in [5.41, 5.74) is 0.327. The molecule has 290 valence electrons. The zero-order chi connectivity index (χ0) is 39.2. The van der Waals surface area contributed by atoms with E-state index in [9.17, 15) is 32.8 Å². The van der Waals surface area contributed by atoms with Crippen molar-refractivity contribution in [3.63, 3.8) is 0 Å². The summed E-state index contributed by atoms with van der Waals surface area (Å²) in [6.07, 6.45) is 4.08. The lowest BCUT2D eigenvalue weighted by Gasteiger charge is -2.41. The molecule has 1 aliphatic heterocycles. The van der Waals surface area contributed by atoms with Crippen molar-refractivity contribution in [1.82, 2.24) is 31.5 Å². The summed E-state index contributed by atoms with van der Waals surface area (Å²) in [6.45, 7) is 18.4. The zero-order valence-corrected chi connectivity index (χ0v) is 31.7. The maximum atomic E-state index is 13.9. The van der Waals surface area contributed by atoms with Crippen LogP contribution in [0.3, 0.4) is 0 Å². The summed E-state index contributed by atoms with van der Waals surface area (Å²) in [7, 11) is 1.48. The number of carbonyl (C=O) groups excluding carboxylic acids is 5. The minimum Gasteiger partial charge on any atom is -0.444 e. The number of ether oxygens (including phenoxy) is 1. The number of nitrogens with zero attached hydrogens (tertiary/aromatic N) is 1. The van der Waals surface area contributed by atoms with Crippen LogP contribution in [0.25, 0.3) is 0 Å². The van der Waals surface area contributed by atoms with Crippen molar-refractivity contribution in [3.8, 4) is 0 Å². The molecule has 5 N–H and O–H groups in total. The van der Waals surface area contributed by atoms with Gasteiger partial charge >= 0.3 is 6.09 Å². The third kappa shape index (κ3) is 13.6. The lowest BCUT2D eigenvalue weighted by Crippen LogP contribution is -2.54. The Morgan fingerprint density at radius 1 is 0.962 bits per heavy atom. The van der Waals surface area contributed by atoms with E-state index in [4.69, 9.17) is 4.74 Å². The molecule has 0 spiro atoms. The van der Waals surface area contributed by atoms with E-state index in [1.807, 2.05) is 31.7 Å². The molecule has 14 heteroatoms. The molecule has 0 bridgehead atoms. The zero-order valence-electron chi connectivity index (χ0n) is 31.7. The van der Waals surface area contributed by atoms with Gasteiger partial charge in [0, 0.05) is 24.9 Å². The van der Waals surface area contributed by atoms with E-state index in [1.165, 1.54) is 7.05 Å². The fourth-order valence-corrected chi connectivity index (χ4v) is 5.89. The predicted octanol–water partition coefficient (Wildman–Crippen LogP) is 4.74. The average molecular weight is 733 g/mol. The number of amides is 5. The highest BCUT2D eigenvalue weighted by atomic mass is 19.3. The van der Waals surface area contributed by atoms with Gasteiger partial charge in [-0.3, -0.25) is 19.2 Å². The third-order valence-corrected chi connectivity index (χ3v) is 9.26. The first-order valence-corrected chi connectivity index (χ1v) is 17.8. The second kappa shape index (κ2) is 19.9. The molecule has 52 heavy (non-hydrogen) atoms. The molecule has 2 aliphatic rings. The van der Waals surface area contributed by atoms with Crippen molar-refractivity contribution >= 4 is 29.7 Å². The van der Waals surface area contributed by atoms with Gasteiger partial charge in [-0.15, -0.1) is 0 Å². The highest BCUT2D eigenvalue weighted by Crippen LogP contribution is 2.36. The number of carbonyl (C=O) groups is 5. The van der Waals surface area contributed by atoms with Gasteiger partial charge in [-0.2, -0.15) is 0 Å². The molecule has 5 amide bonds. The molecule has 4 atom stereocenters. The SMILES string of the molecule is C=C(C(=O)NCC(=O)NC(C(=O)NC)c1ccccc1)C(CC1CC1)NC(=O)C1CCCN1C(=C)C(NC(=O)OC(C)(C)C)C(C)(C)CC.FCF. The summed E-state index contributed by atoms with van der Waals surface area (Å²) in [5, 5.41) is 13.9. The first-order valence-electron chi connectivity index (χ1n) is 17.8. The molecule has 1 saturated carbocycles. The van der Waals surface area contributed by atoms with Crippen LogP contribution in [0, 0.1) is 11.3 Å². The molecule has 0 radical (unpaired) electrons. The maximum Gasteiger partial charge on any atom is 0.408 e. The number of alkyl halides is 2. The standard InChI is InChI=1S/C37H56N6O6.CH2F2/c1-10-37(7,8)31(42-35(48)49-36(4,5)6)24(3)43-20-14-17-28(43)33(46)40-27(21-25-18-19-25)23(2)32(45)39-22-29(44)41-30(34(47)38-9)26-15-12-11-13-16-26;2-1-3/h11-13,15-16,25,27-28,30-31H,2-3,10,14,17-22H2,1,4-9H3,(H,38,47)(H,39,45)(H,40,46)(H,41,44)(H,42,48);1H2.